The molecule has 0 bridgehead atoms. The minimum Gasteiger partial charge on any atom is -0.508 e. The molecule has 2 heterocycles. The maximum absolute atomic E-state index is 9.87. The van der Waals surface area contributed by atoms with Crippen molar-refractivity contribution < 1.29 is 9.84 Å². The van der Waals surface area contributed by atoms with Gasteiger partial charge < -0.3 is 15.2 Å². The molecule has 0 fully saturated rings. The van der Waals surface area contributed by atoms with Gasteiger partial charge in [0, 0.05) is 21.3 Å². The van der Waals surface area contributed by atoms with E-state index in [2.05, 4.69) is 36.4 Å². The van der Waals surface area contributed by atoms with Crippen LogP contribution in [0.3, 0.4) is 0 Å². The van der Waals surface area contributed by atoms with E-state index in [9.17, 15) is 5.11 Å². The maximum Gasteiger partial charge on any atom is 0.247 e. The van der Waals surface area contributed by atoms with Gasteiger partial charge in [0.1, 0.15) is 5.75 Å². The van der Waals surface area contributed by atoms with Gasteiger partial charge in [0.2, 0.25) is 11.0 Å². The Hall–Kier alpha value is -2.32. The molecule has 1 aromatic heterocycles. The summed E-state index contributed by atoms with van der Waals surface area (Å²) in [7, 11) is 0. The second kappa shape index (κ2) is 6.53. The summed E-state index contributed by atoms with van der Waals surface area (Å²) < 4.78 is 6.94. The third kappa shape index (κ3) is 3.03. The van der Waals surface area contributed by atoms with Crippen molar-refractivity contribution in [1.82, 2.24) is 15.2 Å². The smallest absolute Gasteiger partial charge is 0.247 e. The average molecular weight is 417 g/mol. The number of phenols is 1. The van der Waals surface area contributed by atoms with Gasteiger partial charge in [-0.3, -0.25) is 0 Å². The maximum atomic E-state index is 9.87. The highest BCUT2D eigenvalue weighted by Crippen LogP contribution is 2.41. The fourth-order valence-electron chi connectivity index (χ4n) is 2.61. The fraction of sp³-hybridized carbons (Fsp3) is 0.118. The van der Waals surface area contributed by atoms with Crippen LogP contribution in [0.2, 0.25) is 0 Å². The second-order valence-electron chi connectivity index (χ2n) is 5.35. The summed E-state index contributed by atoms with van der Waals surface area (Å²) in [5.74, 6) is 0.559. The lowest BCUT2D eigenvalue weighted by atomic mass is 10.1. The third-order valence-electron chi connectivity index (χ3n) is 3.78. The third-order valence-corrected chi connectivity index (χ3v) is 5.04. The van der Waals surface area contributed by atoms with Gasteiger partial charge in [0.25, 0.3) is 0 Å². The number of nitrogens with zero attached hydrogens (tertiary/aromatic N) is 3. The lowest BCUT2D eigenvalue weighted by Crippen LogP contribution is -2.17. The van der Waals surface area contributed by atoms with Gasteiger partial charge >= 0.3 is 0 Å². The van der Waals surface area contributed by atoms with Gasteiger partial charge in [-0.25, -0.2) is 0 Å². The van der Waals surface area contributed by atoms with Crippen molar-refractivity contribution in [2.75, 3.05) is 11.6 Å². The summed E-state index contributed by atoms with van der Waals surface area (Å²) in [4.78, 5) is 4.47. The zero-order valence-corrected chi connectivity index (χ0v) is 15.5. The van der Waals surface area contributed by atoms with Crippen LogP contribution in [0.5, 0.6) is 11.6 Å². The summed E-state index contributed by atoms with van der Waals surface area (Å²) in [5, 5.41) is 22.2. The van der Waals surface area contributed by atoms with E-state index in [0.29, 0.717) is 16.7 Å². The molecule has 2 aromatic carbocycles. The number of aromatic hydroxyl groups is 1. The number of benzene rings is 2. The van der Waals surface area contributed by atoms with E-state index in [1.807, 2.05) is 30.5 Å². The Balaban J connectivity index is 1.89. The SMILES string of the molecule is CSc1nnc2c(n1)O[C@@H](c1cc(O)ccc1Br)Nc1ccccc1-2. The van der Waals surface area contributed by atoms with Crippen molar-refractivity contribution in [2.45, 2.75) is 11.4 Å². The molecule has 0 saturated heterocycles. The summed E-state index contributed by atoms with van der Waals surface area (Å²) >= 11 is 4.91. The number of halogens is 1. The number of hydrogen-bond donors (Lipinski definition) is 2. The molecule has 8 heteroatoms. The number of fused-ring (bicyclic) bond motifs is 3. The van der Waals surface area contributed by atoms with Crippen LogP contribution in [0, 0.1) is 0 Å². The normalized spacial score (nSPS) is 15.4. The first kappa shape index (κ1) is 16.2. The lowest BCUT2D eigenvalue weighted by Gasteiger charge is -2.20. The van der Waals surface area contributed by atoms with Crippen LogP contribution >= 0.6 is 27.7 Å². The number of para-hydroxylation sites is 1. The molecule has 0 saturated carbocycles. The van der Waals surface area contributed by atoms with E-state index < -0.39 is 6.23 Å². The molecule has 0 spiro atoms. The number of phenolic OH excluding ortho intramolecular Hbond substituents is 1. The van der Waals surface area contributed by atoms with Gasteiger partial charge in [-0.2, -0.15) is 4.98 Å². The molecule has 0 aliphatic carbocycles. The summed E-state index contributed by atoms with van der Waals surface area (Å²) in [6.07, 6.45) is 1.34. The summed E-state index contributed by atoms with van der Waals surface area (Å²) in [5.41, 5.74) is 3.06. The first-order valence-corrected chi connectivity index (χ1v) is 9.47. The Bertz CT molecular complexity index is 954. The zero-order chi connectivity index (χ0) is 17.4. The number of aromatic nitrogens is 3. The highest BCUT2D eigenvalue weighted by molar-refractivity contribution is 9.10. The van der Waals surface area contributed by atoms with Crippen molar-refractivity contribution >= 4 is 33.4 Å². The number of ether oxygens (including phenoxy) is 1. The Kier molecular flexibility index (Phi) is 4.22. The molecule has 1 aliphatic heterocycles. The molecular weight excluding hydrogens is 404 g/mol. The van der Waals surface area contributed by atoms with E-state index in [-0.39, 0.29) is 5.75 Å². The average Bonchev–Trinajstić information content (AvgIpc) is 2.79. The Labute approximate surface area is 156 Å². The van der Waals surface area contributed by atoms with Gasteiger partial charge in [0.15, 0.2) is 11.9 Å². The minimum atomic E-state index is -0.546. The number of rotatable bonds is 2. The molecule has 25 heavy (non-hydrogen) atoms. The predicted octanol–water partition coefficient (Wildman–Crippen LogP) is 4.23. The van der Waals surface area contributed by atoms with Crippen LogP contribution in [0.4, 0.5) is 5.69 Å². The van der Waals surface area contributed by atoms with Crippen molar-refractivity contribution in [3.8, 4) is 22.9 Å². The first-order chi connectivity index (χ1) is 12.2. The van der Waals surface area contributed by atoms with Crippen molar-refractivity contribution in [3.63, 3.8) is 0 Å². The van der Waals surface area contributed by atoms with Gasteiger partial charge in [0.05, 0.1) is 0 Å². The van der Waals surface area contributed by atoms with Crippen LogP contribution in [-0.4, -0.2) is 26.5 Å². The Morgan fingerprint density at radius 2 is 2.04 bits per heavy atom. The first-order valence-electron chi connectivity index (χ1n) is 7.45. The molecule has 6 nitrogen and oxygen atoms in total. The number of thioether (sulfide) groups is 1. The van der Waals surface area contributed by atoms with E-state index >= 15 is 0 Å². The molecule has 2 N–H and O–H groups in total. The van der Waals surface area contributed by atoms with E-state index in [1.165, 1.54) is 11.8 Å². The van der Waals surface area contributed by atoms with Crippen LogP contribution < -0.4 is 10.1 Å². The van der Waals surface area contributed by atoms with Crippen LogP contribution in [0.25, 0.3) is 11.3 Å². The molecule has 126 valence electrons. The highest BCUT2D eigenvalue weighted by atomic mass is 79.9. The second-order valence-corrected chi connectivity index (χ2v) is 6.97. The fourth-order valence-corrected chi connectivity index (χ4v) is 3.36. The zero-order valence-electron chi connectivity index (χ0n) is 13.1. The quantitative estimate of drug-likeness (QED) is 0.604. The number of hydrogen-bond acceptors (Lipinski definition) is 7. The molecule has 1 atom stereocenters. The Morgan fingerprint density at radius 1 is 1.20 bits per heavy atom. The van der Waals surface area contributed by atoms with Gasteiger partial charge in [-0.15, -0.1) is 10.2 Å². The largest absolute Gasteiger partial charge is 0.508 e. The topological polar surface area (TPSA) is 80.2 Å². The lowest BCUT2D eigenvalue weighted by molar-refractivity contribution is 0.224. The van der Waals surface area contributed by atoms with Crippen molar-refractivity contribution in [2.24, 2.45) is 0 Å². The monoisotopic (exact) mass is 416 g/mol. The minimum absolute atomic E-state index is 0.159. The van der Waals surface area contributed by atoms with E-state index in [0.717, 1.165) is 21.3 Å². The van der Waals surface area contributed by atoms with Crippen LogP contribution in [0.1, 0.15) is 11.8 Å². The van der Waals surface area contributed by atoms with E-state index in [4.69, 9.17) is 4.74 Å². The molecule has 0 radical (unpaired) electrons. The number of anilines is 1. The summed E-state index contributed by atoms with van der Waals surface area (Å²) in [6.45, 7) is 0. The van der Waals surface area contributed by atoms with Crippen molar-refractivity contribution in [1.29, 1.82) is 0 Å². The predicted molar refractivity (Wildman–Crippen MR) is 99.8 cm³/mol. The molecular formula is C17H13BrN4O2S. The molecule has 4 rings (SSSR count). The van der Waals surface area contributed by atoms with Gasteiger partial charge in [-0.1, -0.05) is 45.9 Å². The summed E-state index contributed by atoms with van der Waals surface area (Å²) in [6, 6.07) is 12.8. The van der Waals surface area contributed by atoms with Crippen molar-refractivity contribution in [3.05, 3.63) is 52.5 Å². The highest BCUT2D eigenvalue weighted by Gasteiger charge is 2.27. The molecule has 0 amide bonds. The molecule has 0 unspecified atom stereocenters. The molecule has 3 aromatic rings. The Morgan fingerprint density at radius 3 is 2.88 bits per heavy atom. The standard InChI is InChI=1S/C17H13BrN4O2S/c1-25-17-20-16-14(21-22-17)10-4-2-3-5-13(10)19-15(24-16)11-8-9(23)6-7-12(11)18/h2-8,15,19,23H,1H3/t15-/m0/s1. The number of nitrogens with one attached hydrogen (secondary N) is 1. The van der Waals surface area contributed by atoms with Gasteiger partial charge in [-0.05, 0) is 30.5 Å². The van der Waals surface area contributed by atoms with Crippen LogP contribution in [0.15, 0.2) is 52.1 Å². The van der Waals surface area contributed by atoms with Crippen LogP contribution in [-0.2, 0) is 0 Å². The van der Waals surface area contributed by atoms with E-state index in [1.54, 1.807) is 18.2 Å². The molecule has 1 aliphatic rings.